The Bertz CT molecular complexity index is 447. The molecule has 1 aliphatic rings. The Balaban J connectivity index is 2.06. The molecule has 1 saturated heterocycles. The number of hydrogen-bond acceptors (Lipinski definition) is 2. The van der Waals surface area contributed by atoms with Crippen molar-refractivity contribution in [3.63, 3.8) is 0 Å². The summed E-state index contributed by atoms with van der Waals surface area (Å²) in [7, 11) is 0. The predicted octanol–water partition coefficient (Wildman–Crippen LogP) is 2.76. The van der Waals surface area contributed by atoms with Gasteiger partial charge in [0.2, 0.25) is 5.91 Å². The fourth-order valence-corrected chi connectivity index (χ4v) is 2.78. The first kappa shape index (κ1) is 12.2. The van der Waals surface area contributed by atoms with Gasteiger partial charge in [-0.25, -0.2) is 4.39 Å². The average Bonchev–Trinajstić information content (AvgIpc) is 2.74. The molecule has 1 heterocycles. The van der Waals surface area contributed by atoms with Gasteiger partial charge < -0.3 is 4.90 Å². The Labute approximate surface area is 105 Å². The third kappa shape index (κ3) is 2.88. The zero-order chi connectivity index (χ0) is 12.3. The number of thioether (sulfide) groups is 1. The fourth-order valence-electron chi connectivity index (χ4n) is 1.75. The second-order valence-corrected chi connectivity index (χ2v) is 5.28. The van der Waals surface area contributed by atoms with Crippen LogP contribution in [0.2, 0.25) is 0 Å². The largest absolute Gasteiger partial charge is 0.327 e. The normalized spacial score (nSPS) is 20.1. The molecule has 0 bridgehead atoms. The highest BCUT2D eigenvalue weighted by atomic mass is 32.2. The Morgan fingerprint density at radius 2 is 2.29 bits per heavy atom. The van der Waals surface area contributed by atoms with Crippen LogP contribution in [0.15, 0.2) is 30.3 Å². The first-order valence-electron chi connectivity index (χ1n) is 5.53. The summed E-state index contributed by atoms with van der Waals surface area (Å²) >= 11 is 1.76. The van der Waals surface area contributed by atoms with E-state index in [1.165, 1.54) is 18.2 Å². The number of rotatable bonds is 2. The Morgan fingerprint density at radius 3 is 2.94 bits per heavy atom. The van der Waals surface area contributed by atoms with E-state index in [0.717, 1.165) is 12.3 Å². The summed E-state index contributed by atoms with van der Waals surface area (Å²) in [5, 5.41) is 0.216. The van der Waals surface area contributed by atoms with Crippen LogP contribution in [0.1, 0.15) is 12.5 Å². The van der Waals surface area contributed by atoms with Crippen LogP contribution in [0.3, 0.4) is 0 Å². The Morgan fingerprint density at radius 1 is 1.53 bits per heavy atom. The number of carbonyl (C=O) groups excluding carboxylic acids is 1. The number of nitrogens with zero attached hydrogens (tertiary/aromatic N) is 1. The molecule has 2 nitrogen and oxygen atoms in total. The second kappa shape index (κ2) is 5.36. The first-order chi connectivity index (χ1) is 8.18. The first-order valence-corrected chi connectivity index (χ1v) is 6.58. The maximum Gasteiger partial charge on any atom is 0.247 e. The number of benzene rings is 1. The quantitative estimate of drug-likeness (QED) is 0.753. The number of hydrogen-bond donors (Lipinski definition) is 0. The number of halogens is 1. The van der Waals surface area contributed by atoms with Gasteiger partial charge in [0.15, 0.2) is 0 Å². The molecule has 1 fully saturated rings. The molecule has 0 aromatic heterocycles. The fraction of sp³-hybridized carbons (Fsp3) is 0.308. The molecule has 0 aliphatic carbocycles. The van der Waals surface area contributed by atoms with Gasteiger partial charge in [0.25, 0.3) is 0 Å². The lowest BCUT2D eigenvalue weighted by atomic mass is 10.2. The zero-order valence-electron chi connectivity index (χ0n) is 9.60. The van der Waals surface area contributed by atoms with Gasteiger partial charge in [0.1, 0.15) is 5.82 Å². The molecular weight excluding hydrogens is 237 g/mol. The van der Waals surface area contributed by atoms with Gasteiger partial charge in [0.05, 0.1) is 5.37 Å². The van der Waals surface area contributed by atoms with Gasteiger partial charge in [-0.3, -0.25) is 4.79 Å². The van der Waals surface area contributed by atoms with Crippen LogP contribution < -0.4 is 0 Å². The van der Waals surface area contributed by atoms with E-state index in [0.29, 0.717) is 5.56 Å². The standard InChI is InChI=1S/C13H14FNOS/c1-10-15(8-9-17-10)13(16)7-6-11-4-2-3-5-12(11)14/h2-7,10H,8-9H2,1H3/b7-6+. The average molecular weight is 251 g/mol. The molecule has 1 aromatic rings. The van der Waals surface area contributed by atoms with Gasteiger partial charge >= 0.3 is 0 Å². The zero-order valence-corrected chi connectivity index (χ0v) is 10.4. The van der Waals surface area contributed by atoms with Crippen molar-refractivity contribution in [1.82, 2.24) is 4.90 Å². The van der Waals surface area contributed by atoms with Gasteiger partial charge in [-0.05, 0) is 19.1 Å². The highest BCUT2D eigenvalue weighted by molar-refractivity contribution is 8.00. The van der Waals surface area contributed by atoms with E-state index in [-0.39, 0.29) is 17.1 Å². The molecule has 0 spiro atoms. The van der Waals surface area contributed by atoms with Crippen LogP contribution in [-0.2, 0) is 4.79 Å². The van der Waals surface area contributed by atoms with Crippen LogP contribution in [0, 0.1) is 5.82 Å². The molecule has 90 valence electrons. The van der Waals surface area contributed by atoms with E-state index in [9.17, 15) is 9.18 Å². The van der Waals surface area contributed by atoms with Crippen molar-refractivity contribution in [2.75, 3.05) is 12.3 Å². The van der Waals surface area contributed by atoms with E-state index < -0.39 is 0 Å². The van der Waals surface area contributed by atoms with E-state index in [4.69, 9.17) is 0 Å². The summed E-state index contributed by atoms with van der Waals surface area (Å²) in [5.41, 5.74) is 0.445. The van der Waals surface area contributed by atoms with Crippen molar-refractivity contribution < 1.29 is 9.18 Å². The lowest BCUT2D eigenvalue weighted by Gasteiger charge is -2.18. The van der Waals surface area contributed by atoms with Crippen molar-refractivity contribution in [1.29, 1.82) is 0 Å². The molecule has 4 heteroatoms. The highest BCUT2D eigenvalue weighted by Gasteiger charge is 2.23. The Kier molecular flexibility index (Phi) is 3.84. The summed E-state index contributed by atoms with van der Waals surface area (Å²) in [6, 6.07) is 6.43. The second-order valence-electron chi connectivity index (χ2n) is 3.86. The van der Waals surface area contributed by atoms with Crippen LogP contribution in [0.5, 0.6) is 0 Å². The predicted molar refractivity (Wildman–Crippen MR) is 69.1 cm³/mol. The third-order valence-electron chi connectivity index (χ3n) is 2.72. The maximum absolute atomic E-state index is 13.3. The third-order valence-corrected chi connectivity index (χ3v) is 3.88. The molecule has 0 N–H and O–H groups in total. The van der Waals surface area contributed by atoms with Gasteiger partial charge in [-0.15, -0.1) is 11.8 Å². The lowest BCUT2D eigenvalue weighted by Crippen LogP contribution is -2.31. The summed E-state index contributed by atoms with van der Waals surface area (Å²) in [5.74, 6) is 0.617. The molecule has 0 saturated carbocycles. The van der Waals surface area contributed by atoms with Gasteiger partial charge in [0, 0.05) is 23.9 Å². The minimum Gasteiger partial charge on any atom is -0.327 e. The monoisotopic (exact) mass is 251 g/mol. The van der Waals surface area contributed by atoms with Crippen LogP contribution >= 0.6 is 11.8 Å². The van der Waals surface area contributed by atoms with Crippen molar-refractivity contribution in [2.45, 2.75) is 12.3 Å². The van der Waals surface area contributed by atoms with E-state index in [1.54, 1.807) is 34.9 Å². The molecule has 1 unspecified atom stereocenters. The molecule has 1 aromatic carbocycles. The van der Waals surface area contributed by atoms with E-state index >= 15 is 0 Å². The SMILES string of the molecule is CC1SCCN1C(=O)/C=C/c1ccccc1F. The molecule has 1 aliphatic heterocycles. The summed E-state index contributed by atoms with van der Waals surface area (Å²) in [4.78, 5) is 13.6. The van der Waals surface area contributed by atoms with Crippen molar-refractivity contribution >= 4 is 23.7 Å². The highest BCUT2D eigenvalue weighted by Crippen LogP contribution is 2.23. The molecule has 17 heavy (non-hydrogen) atoms. The minimum atomic E-state index is -0.305. The summed E-state index contributed by atoms with van der Waals surface area (Å²) in [6.45, 7) is 2.78. The van der Waals surface area contributed by atoms with E-state index in [1.807, 2.05) is 6.92 Å². The molecule has 0 radical (unpaired) electrons. The molecule has 1 amide bonds. The molecule has 1 atom stereocenters. The van der Waals surface area contributed by atoms with Crippen LogP contribution in [0.25, 0.3) is 6.08 Å². The number of carbonyl (C=O) groups is 1. The van der Waals surface area contributed by atoms with Crippen molar-refractivity contribution in [3.05, 3.63) is 41.7 Å². The van der Waals surface area contributed by atoms with Crippen LogP contribution in [-0.4, -0.2) is 28.5 Å². The smallest absolute Gasteiger partial charge is 0.247 e. The van der Waals surface area contributed by atoms with Crippen molar-refractivity contribution in [2.24, 2.45) is 0 Å². The molecular formula is C13H14FNOS. The summed E-state index contributed by atoms with van der Waals surface area (Å²) < 4.78 is 13.3. The topological polar surface area (TPSA) is 20.3 Å². The maximum atomic E-state index is 13.3. The van der Waals surface area contributed by atoms with Gasteiger partial charge in [-0.2, -0.15) is 0 Å². The van der Waals surface area contributed by atoms with Crippen molar-refractivity contribution in [3.8, 4) is 0 Å². The number of amides is 1. The summed E-state index contributed by atoms with van der Waals surface area (Å²) in [6.07, 6.45) is 2.98. The van der Waals surface area contributed by atoms with Gasteiger partial charge in [-0.1, -0.05) is 18.2 Å². The van der Waals surface area contributed by atoms with Crippen LogP contribution in [0.4, 0.5) is 4.39 Å². The lowest BCUT2D eigenvalue weighted by molar-refractivity contribution is -0.125. The minimum absolute atomic E-state index is 0.0502. The van der Waals surface area contributed by atoms with E-state index in [2.05, 4.69) is 0 Å². The molecule has 2 rings (SSSR count). The Hall–Kier alpha value is -1.29.